The molecule has 0 N–H and O–H groups in total. The highest BCUT2D eigenvalue weighted by Gasteiger charge is 2.40. The summed E-state index contributed by atoms with van der Waals surface area (Å²) < 4.78 is 47.8. The molecule has 15 heavy (non-hydrogen) atoms. The fourth-order valence-corrected chi connectivity index (χ4v) is 3.25. The molecular weight excluding hydrogens is 250 g/mol. The third-order valence-corrected chi connectivity index (χ3v) is 4.50. The lowest BCUT2D eigenvalue weighted by Gasteiger charge is -2.24. The predicted octanol–water partition coefficient (Wildman–Crippen LogP) is 1.60. The fraction of sp³-hybridized carbons (Fsp3) is 0.875. The van der Waals surface area contributed by atoms with Crippen LogP contribution >= 0.6 is 11.6 Å². The van der Waals surface area contributed by atoms with E-state index in [4.69, 9.17) is 11.6 Å². The summed E-state index contributed by atoms with van der Waals surface area (Å²) in [6, 6.07) is 0. The molecule has 0 aromatic carbocycles. The van der Waals surface area contributed by atoms with E-state index in [0.717, 1.165) is 0 Å². The third kappa shape index (κ3) is 3.68. The first-order valence-electron chi connectivity index (χ1n) is 4.51. The quantitative estimate of drug-likeness (QED) is 0.725. The molecule has 1 rings (SSSR count). The van der Waals surface area contributed by atoms with Crippen LogP contribution < -0.4 is 0 Å². The maximum absolute atomic E-state index is 12.9. The summed E-state index contributed by atoms with van der Waals surface area (Å²) in [6.07, 6.45) is -0.283. The van der Waals surface area contributed by atoms with Crippen molar-refractivity contribution in [3.63, 3.8) is 0 Å². The van der Waals surface area contributed by atoms with Crippen molar-refractivity contribution in [1.82, 2.24) is 0 Å². The van der Waals surface area contributed by atoms with E-state index in [1.165, 1.54) is 0 Å². The number of rotatable bonds is 3. The van der Waals surface area contributed by atoms with Crippen molar-refractivity contribution in [2.75, 3.05) is 11.5 Å². The Hall–Kier alpha value is -0.230. The van der Waals surface area contributed by atoms with Gasteiger partial charge >= 0.3 is 5.92 Å². The lowest BCUT2D eigenvalue weighted by molar-refractivity contribution is -0.136. The number of carbonyl (C=O) groups excluding carboxylic acids is 1. The maximum atomic E-state index is 12.9. The normalized spacial score (nSPS) is 22.6. The number of hydrogen-bond donors (Lipinski definition) is 0. The van der Waals surface area contributed by atoms with Gasteiger partial charge in [-0.3, -0.25) is 4.79 Å². The molecule has 1 fully saturated rings. The van der Waals surface area contributed by atoms with E-state index in [9.17, 15) is 22.0 Å². The van der Waals surface area contributed by atoms with Crippen LogP contribution in [0.4, 0.5) is 8.78 Å². The number of hydrogen-bond acceptors (Lipinski definition) is 3. The summed E-state index contributed by atoms with van der Waals surface area (Å²) >= 11 is 4.74. The zero-order chi connectivity index (χ0) is 11.7. The average Bonchev–Trinajstić information content (AvgIpc) is 2.08. The molecule has 1 aliphatic rings. The van der Waals surface area contributed by atoms with E-state index in [-0.39, 0.29) is 24.3 Å². The van der Waals surface area contributed by atoms with Crippen molar-refractivity contribution >= 4 is 26.7 Å². The number of alkyl halides is 2. The predicted molar refractivity (Wildman–Crippen MR) is 51.8 cm³/mol. The highest BCUT2D eigenvalue weighted by Crippen LogP contribution is 2.32. The summed E-state index contributed by atoms with van der Waals surface area (Å²) in [5.41, 5.74) is 0. The SMILES string of the molecule is O=C(Cl)C(F)(F)CC1CCS(=O)(=O)CC1. The van der Waals surface area contributed by atoms with Crippen molar-refractivity contribution in [3.8, 4) is 0 Å². The maximum Gasteiger partial charge on any atom is 0.320 e. The second-order valence-electron chi connectivity index (χ2n) is 3.78. The molecule has 3 nitrogen and oxygen atoms in total. The van der Waals surface area contributed by atoms with Gasteiger partial charge in [0.25, 0.3) is 5.24 Å². The van der Waals surface area contributed by atoms with E-state index in [2.05, 4.69) is 0 Å². The molecule has 0 aromatic heterocycles. The van der Waals surface area contributed by atoms with Gasteiger partial charge < -0.3 is 0 Å². The molecule has 0 atom stereocenters. The van der Waals surface area contributed by atoms with Crippen molar-refractivity contribution in [2.24, 2.45) is 5.92 Å². The Morgan fingerprint density at radius 3 is 2.20 bits per heavy atom. The minimum atomic E-state index is -3.53. The van der Waals surface area contributed by atoms with Gasteiger partial charge in [-0.15, -0.1) is 0 Å². The van der Waals surface area contributed by atoms with Crippen LogP contribution in [0.15, 0.2) is 0 Å². The number of sulfone groups is 1. The van der Waals surface area contributed by atoms with Crippen molar-refractivity contribution in [1.29, 1.82) is 0 Å². The molecule has 1 aliphatic heterocycles. The molecule has 1 saturated heterocycles. The molecule has 0 aliphatic carbocycles. The van der Waals surface area contributed by atoms with Crippen LogP contribution in [0, 0.1) is 5.92 Å². The minimum Gasteiger partial charge on any atom is -0.274 e. The summed E-state index contributed by atoms with van der Waals surface area (Å²) in [7, 11) is -3.05. The topological polar surface area (TPSA) is 51.2 Å². The second-order valence-corrected chi connectivity index (χ2v) is 6.42. The first-order valence-corrected chi connectivity index (χ1v) is 6.71. The smallest absolute Gasteiger partial charge is 0.274 e. The molecule has 0 saturated carbocycles. The van der Waals surface area contributed by atoms with Crippen molar-refractivity contribution < 1.29 is 22.0 Å². The Labute approximate surface area is 91.7 Å². The molecule has 0 radical (unpaired) electrons. The van der Waals surface area contributed by atoms with Gasteiger partial charge in [-0.05, 0) is 30.4 Å². The van der Waals surface area contributed by atoms with E-state index < -0.39 is 33.3 Å². The summed E-state index contributed by atoms with van der Waals surface area (Å²) in [6.45, 7) is 0. The zero-order valence-electron chi connectivity index (χ0n) is 7.88. The molecule has 7 heteroatoms. The molecule has 0 aromatic rings. The van der Waals surface area contributed by atoms with Crippen molar-refractivity contribution in [3.05, 3.63) is 0 Å². The molecular formula is C8H11ClF2O3S. The van der Waals surface area contributed by atoms with Gasteiger partial charge in [0.15, 0.2) is 0 Å². The summed E-state index contributed by atoms with van der Waals surface area (Å²) in [4.78, 5) is 10.4. The highest BCUT2D eigenvalue weighted by molar-refractivity contribution is 7.91. The first kappa shape index (κ1) is 12.8. The Kier molecular flexibility index (Phi) is 3.71. The Morgan fingerprint density at radius 1 is 1.33 bits per heavy atom. The van der Waals surface area contributed by atoms with Crippen LogP contribution in [0.25, 0.3) is 0 Å². The average molecular weight is 261 g/mol. The molecule has 1 heterocycles. The van der Waals surface area contributed by atoms with Crippen LogP contribution in [0.5, 0.6) is 0 Å². The fourth-order valence-electron chi connectivity index (χ4n) is 1.59. The van der Waals surface area contributed by atoms with E-state index in [1.54, 1.807) is 0 Å². The standard InChI is InChI=1S/C8H11ClF2O3S/c9-7(12)8(10,11)5-6-1-3-15(13,14)4-2-6/h6H,1-5H2. The van der Waals surface area contributed by atoms with Gasteiger partial charge in [-0.2, -0.15) is 8.78 Å². The summed E-state index contributed by atoms with van der Waals surface area (Å²) in [5.74, 6) is -4.13. The van der Waals surface area contributed by atoms with Crippen LogP contribution in [0.1, 0.15) is 19.3 Å². The number of carbonyl (C=O) groups is 1. The van der Waals surface area contributed by atoms with E-state index in [0.29, 0.717) is 0 Å². The highest BCUT2D eigenvalue weighted by atomic mass is 35.5. The molecule has 88 valence electrons. The second kappa shape index (κ2) is 4.33. The van der Waals surface area contributed by atoms with Gasteiger partial charge in [0.1, 0.15) is 9.84 Å². The third-order valence-electron chi connectivity index (χ3n) is 2.51. The van der Waals surface area contributed by atoms with Gasteiger partial charge in [0.05, 0.1) is 11.5 Å². The van der Waals surface area contributed by atoms with Crippen LogP contribution in [-0.2, 0) is 14.6 Å². The minimum absolute atomic E-state index is 0.0791. The first-order chi connectivity index (χ1) is 6.73. The Balaban J connectivity index is 2.53. The number of halogens is 3. The Bertz CT molecular complexity index is 339. The van der Waals surface area contributed by atoms with E-state index >= 15 is 0 Å². The molecule has 0 amide bonds. The largest absolute Gasteiger partial charge is 0.320 e. The van der Waals surface area contributed by atoms with Crippen LogP contribution in [-0.4, -0.2) is 31.1 Å². The van der Waals surface area contributed by atoms with Crippen LogP contribution in [0.3, 0.4) is 0 Å². The monoisotopic (exact) mass is 260 g/mol. The molecule has 0 unspecified atom stereocenters. The van der Waals surface area contributed by atoms with Gasteiger partial charge in [0.2, 0.25) is 0 Å². The van der Waals surface area contributed by atoms with E-state index in [1.807, 2.05) is 0 Å². The van der Waals surface area contributed by atoms with Gasteiger partial charge in [0, 0.05) is 6.42 Å². The molecule has 0 spiro atoms. The van der Waals surface area contributed by atoms with Crippen molar-refractivity contribution in [2.45, 2.75) is 25.2 Å². The lowest BCUT2D eigenvalue weighted by Crippen LogP contribution is -2.32. The summed E-state index contributed by atoms with van der Waals surface area (Å²) in [5, 5.41) is -1.67. The van der Waals surface area contributed by atoms with Crippen LogP contribution in [0.2, 0.25) is 0 Å². The van der Waals surface area contributed by atoms with Gasteiger partial charge in [-0.25, -0.2) is 8.42 Å². The zero-order valence-corrected chi connectivity index (χ0v) is 9.45. The lowest BCUT2D eigenvalue weighted by atomic mass is 9.95. The molecule has 0 bridgehead atoms. The Morgan fingerprint density at radius 2 is 1.80 bits per heavy atom. The van der Waals surface area contributed by atoms with Gasteiger partial charge in [-0.1, -0.05) is 0 Å².